The van der Waals surface area contributed by atoms with Crippen LogP contribution in [0.1, 0.15) is 45.1 Å². The Morgan fingerprint density at radius 3 is 2.76 bits per heavy atom. The van der Waals surface area contributed by atoms with Gasteiger partial charge in [-0.15, -0.1) is 0 Å². The molecule has 0 radical (unpaired) electrons. The van der Waals surface area contributed by atoms with Crippen LogP contribution < -0.4 is 5.32 Å². The van der Waals surface area contributed by atoms with Crippen molar-refractivity contribution in [1.29, 1.82) is 0 Å². The van der Waals surface area contributed by atoms with Crippen LogP contribution in [0.15, 0.2) is 30.3 Å². The van der Waals surface area contributed by atoms with Gasteiger partial charge in [-0.3, -0.25) is 4.90 Å². The molecule has 1 aliphatic heterocycles. The van der Waals surface area contributed by atoms with Gasteiger partial charge in [0.2, 0.25) is 0 Å². The van der Waals surface area contributed by atoms with E-state index in [1.54, 1.807) is 0 Å². The Kier molecular flexibility index (Phi) is 4.66. The molecule has 0 amide bonds. The molecular weight excluding hydrogens is 256 g/mol. The van der Waals surface area contributed by atoms with Crippen molar-refractivity contribution in [2.75, 3.05) is 19.6 Å². The zero-order valence-electron chi connectivity index (χ0n) is 13.6. The van der Waals surface area contributed by atoms with Crippen molar-refractivity contribution in [3.63, 3.8) is 0 Å². The van der Waals surface area contributed by atoms with E-state index >= 15 is 0 Å². The van der Waals surface area contributed by atoms with Gasteiger partial charge in [0.1, 0.15) is 0 Å². The van der Waals surface area contributed by atoms with Gasteiger partial charge in [-0.05, 0) is 56.2 Å². The predicted molar refractivity (Wildman–Crippen MR) is 89.5 cm³/mol. The number of benzene rings is 1. The minimum atomic E-state index is 0.555. The molecule has 2 unspecified atom stereocenters. The molecule has 2 atom stereocenters. The molecule has 1 aliphatic carbocycles. The van der Waals surface area contributed by atoms with Crippen molar-refractivity contribution in [3.8, 4) is 0 Å². The second kappa shape index (κ2) is 6.50. The summed E-state index contributed by atoms with van der Waals surface area (Å²) in [6.45, 7) is 8.54. The van der Waals surface area contributed by atoms with Crippen LogP contribution in [-0.4, -0.2) is 36.6 Å². The third kappa shape index (κ3) is 4.08. The Morgan fingerprint density at radius 2 is 2.05 bits per heavy atom. The first-order chi connectivity index (χ1) is 10.1. The van der Waals surface area contributed by atoms with E-state index in [9.17, 15) is 0 Å². The largest absolute Gasteiger partial charge is 0.312 e. The minimum Gasteiger partial charge on any atom is -0.312 e. The first kappa shape index (κ1) is 15.1. The molecule has 0 aromatic heterocycles. The molecule has 2 fully saturated rings. The SMILES string of the molecule is CC1(C)CCC(N2CCCNC(Cc3ccccc3)C2)C1. The number of nitrogens with one attached hydrogen (secondary N) is 1. The van der Waals surface area contributed by atoms with Crippen molar-refractivity contribution in [3.05, 3.63) is 35.9 Å². The maximum Gasteiger partial charge on any atom is 0.0235 e. The molecular formula is C19H30N2. The van der Waals surface area contributed by atoms with Crippen molar-refractivity contribution >= 4 is 0 Å². The Hall–Kier alpha value is -0.860. The highest BCUT2D eigenvalue weighted by atomic mass is 15.2. The monoisotopic (exact) mass is 286 g/mol. The summed E-state index contributed by atoms with van der Waals surface area (Å²) in [7, 11) is 0. The Bertz CT molecular complexity index is 440. The summed E-state index contributed by atoms with van der Waals surface area (Å²) in [5.41, 5.74) is 2.02. The quantitative estimate of drug-likeness (QED) is 0.915. The van der Waals surface area contributed by atoms with Crippen molar-refractivity contribution in [2.45, 2.75) is 58.0 Å². The van der Waals surface area contributed by atoms with Gasteiger partial charge < -0.3 is 5.32 Å². The van der Waals surface area contributed by atoms with Gasteiger partial charge in [0.15, 0.2) is 0 Å². The second-order valence-corrected chi connectivity index (χ2v) is 7.75. The summed E-state index contributed by atoms with van der Waals surface area (Å²) in [4.78, 5) is 2.78. The van der Waals surface area contributed by atoms with Crippen LogP contribution in [0.4, 0.5) is 0 Å². The topological polar surface area (TPSA) is 15.3 Å². The third-order valence-corrected chi connectivity index (χ3v) is 5.29. The zero-order valence-corrected chi connectivity index (χ0v) is 13.6. The highest BCUT2D eigenvalue weighted by Crippen LogP contribution is 2.39. The van der Waals surface area contributed by atoms with Gasteiger partial charge in [-0.1, -0.05) is 44.2 Å². The van der Waals surface area contributed by atoms with Gasteiger partial charge in [-0.2, -0.15) is 0 Å². The molecule has 21 heavy (non-hydrogen) atoms. The van der Waals surface area contributed by atoms with E-state index in [1.165, 1.54) is 50.9 Å². The molecule has 2 heteroatoms. The van der Waals surface area contributed by atoms with Crippen LogP contribution in [0.2, 0.25) is 0 Å². The highest BCUT2D eigenvalue weighted by Gasteiger charge is 2.35. The van der Waals surface area contributed by atoms with E-state index < -0.39 is 0 Å². The van der Waals surface area contributed by atoms with E-state index in [1.807, 2.05) is 0 Å². The maximum atomic E-state index is 3.76. The summed E-state index contributed by atoms with van der Waals surface area (Å²) >= 11 is 0. The first-order valence-electron chi connectivity index (χ1n) is 8.64. The summed E-state index contributed by atoms with van der Waals surface area (Å²) in [5.74, 6) is 0. The van der Waals surface area contributed by atoms with Gasteiger partial charge >= 0.3 is 0 Å². The molecule has 1 aromatic rings. The fraction of sp³-hybridized carbons (Fsp3) is 0.684. The average Bonchev–Trinajstić information content (AvgIpc) is 2.69. The molecule has 1 saturated heterocycles. The van der Waals surface area contributed by atoms with Gasteiger partial charge in [0, 0.05) is 18.6 Å². The molecule has 3 rings (SSSR count). The first-order valence-corrected chi connectivity index (χ1v) is 8.64. The number of nitrogens with zero attached hydrogens (tertiary/aromatic N) is 1. The fourth-order valence-corrected chi connectivity index (χ4v) is 4.11. The Morgan fingerprint density at radius 1 is 1.24 bits per heavy atom. The van der Waals surface area contributed by atoms with E-state index in [4.69, 9.17) is 0 Å². The lowest BCUT2D eigenvalue weighted by Gasteiger charge is -2.31. The van der Waals surface area contributed by atoms with Gasteiger partial charge in [0.25, 0.3) is 0 Å². The number of hydrogen-bond donors (Lipinski definition) is 1. The summed E-state index contributed by atoms with van der Waals surface area (Å²) in [6, 6.07) is 12.4. The Labute approximate surface area is 129 Å². The van der Waals surface area contributed by atoms with Crippen molar-refractivity contribution in [2.24, 2.45) is 5.41 Å². The smallest absolute Gasteiger partial charge is 0.0235 e. The number of hydrogen-bond acceptors (Lipinski definition) is 2. The second-order valence-electron chi connectivity index (χ2n) is 7.75. The molecule has 1 saturated carbocycles. The maximum absolute atomic E-state index is 3.76. The lowest BCUT2D eigenvalue weighted by atomic mass is 9.91. The molecule has 116 valence electrons. The van der Waals surface area contributed by atoms with Crippen molar-refractivity contribution in [1.82, 2.24) is 10.2 Å². The fourth-order valence-electron chi connectivity index (χ4n) is 4.11. The minimum absolute atomic E-state index is 0.555. The molecule has 0 spiro atoms. The van der Waals surface area contributed by atoms with Gasteiger partial charge in [0.05, 0.1) is 0 Å². The normalized spacial score (nSPS) is 30.2. The standard InChI is InChI=1S/C19H30N2/c1-19(2)10-9-18(14-19)21-12-6-11-20-17(15-21)13-16-7-4-3-5-8-16/h3-5,7-8,17-18,20H,6,9-15H2,1-2H3. The number of rotatable bonds is 3. The van der Waals surface area contributed by atoms with Crippen LogP contribution in [0.25, 0.3) is 0 Å². The summed E-state index contributed by atoms with van der Waals surface area (Å²) in [5, 5.41) is 3.76. The molecule has 1 heterocycles. The van der Waals surface area contributed by atoms with Crippen molar-refractivity contribution < 1.29 is 0 Å². The van der Waals surface area contributed by atoms with E-state index in [-0.39, 0.29) is 0 Å². The lowest BCUT2D eigenvalue weighted by Crippen LogP contribution is -2.43. The van der Waals surface area contributed by atoms with Crippen LogP contribution >= 0.6 is 0 Å². The van der Waals surface area contributed by atoms with Crippen LogP contribution in [0.5, 0.6) is 0 Å². The van der Waals surface area contributed by atoms with Crippen LogP contribution in [-0.2, 0) is 6.42 Å². The highest BCUT2D eigenvalue weighted by molar-refractivity contribution is 5.16. The summed E-state index contributed by atoms with van der Waals surface area (Å²) < 4.78 is 0. The van der Waals surface area contributed by atoms with Crippen LogP contribution in [0, 0.1) is 5.41 Å². The molecule has 2 nitrogen and oxygen atoms in total. The molecule has 0 bridgehead atoms. The molecule has 1 N–H and O–H groups in total. The van der Waals surface area contributed by atoms with E-state index in [0.29, 0.717) is 11.5 Å². The average molecular weight is 286 g/mol. The Balaban J connectivity index is 1.61. The third-order valence-electron chi connectivity index (χ3n) is 5.29. The molecule has 1 aromatic carbocycles. The van der Waals surface area contributed by atoms with Crippen LogP contribution in [0.3, 0.4) is 0 Å². The zero-order chi connectivity index (χ0) is 14.7. The summed E-state index contributed by atoms with van der Waals surface area (Å²) in [6.07, 6.45) is 6.62. The van der Waals surface area contributed by atoms with E-state index in [0.717, 1.165) is 12.5 Å². The van der Waals surface area contributed by atoms with Gasteiger partial charge in [-0.25, -0.2) is 0 Å². The lowest BCUT2D eigenvalue weighted by molar-refractivity contribution is 0.183. The predicted octanol–water partition coefficient (Wildman–Crippen LogP) is 3.47. The molecule has 2 aliphatic rings. The van der Waals surface area contributed by atoms with E-state index in [2.05, 4.69) is 54.4 Å².